The molecule has 0 fully saturated rings. The van der Waals surface area contributed by atoms with Crippen LogP contribution in [0.25, 0.3) is 38.5 Å². The maximum atomic E-state index is 12.2. The van der Waals surface area contributed by atoms with Gasteiger partial charge >= 0.3 is 5.97 Å². The van der Waals surface area contributed by atoms with Gasteiger partial charge in [-0.25, -0.2) is 14.8 Å². The number of rotatable bonds is 1. The van der Waals surface area contributed by atoms with Gasteiger partial charge in [-0.1, -0.05) is 24.3 Å². The molecule has 1 N–H and O–H groups in total. The molecule has 1 aliphatic rings. The first kappa shape index (κ1) is 18.8. The van der Waals surface area contributed by atoms with Gasteiger partial charge in [0.25, 0.3) is 0 Å². The van der Waals surface area contributed by atoms with Gasteiger partial charge in [-0.2, -0.15) is 0 Å². The number of thiophene rings is 1. The van der Waals surface area contributed by atoms with Crippen molar-refractivity contribution in [1.29, 1.82) is 0 Å². The van der Waals surface area contributed by atoms with Crippen molar-refractivity contribution >= 4 is 44.7 Å². The van der Waals surface area contributed by atoms with Gasteiger partial charge in [0.2, 0.25) is 11.5 Å². The number of benzene rings is 1. The molecule has 0 spiro atoms. The van der Waals surface area contributed by atoms with Gasteiger partial charge < -0.3 is 19.0 Å². The number of carboxylic acids is 1. The van der Waals surface area contributed by atoms with Crippen LogP contribution in [-0.4, -0.2) is 21.0 Å². The maximum absolute atomic E-state index is 12.2. The summed E-state index contributed by atoms with van der Waals surface area (Å²) < 4.78 is 16.8. The average molecular weight is 430 g/mol. The van der Waals surface area contributed by atoms with Crippen molar-refractivity contribution in [2.24, 2.45) is 0 Å². The first-order valence-electron chi connectivity index (χ1n) is 9.21. The molecular weight excluding hydrogens is 416 g/mol. The fourth-order valence-corrected chi connectivity index (χ4v) is 4.17. The van der Waals surface area contributed by atoms with Gasteiger partial charge in [0.05, 0.1) is 11.6 Å². The molecule has 4 aromatic rings. The predicted molar refractivity (Wildman–Crippen MR) is 117 cm³/mol. The normalized spacial score (nSPS) is 12.6. The molecule has 0 saturated carbocycles. The predicted octanol–water partition coefficient (Wildman–Crippen LogP) is 4.82. The third-order valence-electron chi connectivity index (χ3n) is 4.63. The summed E-state index contributed by atoms with van der Waals surface area (Å²) in [5.41, 5.74) is 1.18. The molecule has 0 saturated heterocycles. The van der Waals surface area contributed by atoms with Crippen LogP contribution in [0.1, 0.15) is 10.6 Å². The highest BCUT2D eigenvalue weighted by Gasteiger charge is 2.16. The topological polar surface area (TPSA) is 94.7 Å². The Hall–Kier alpha value is -4.17. The molecule has 1 aliphatic heterocycles. The van der Waals surface area contributed by atoms with Crippen LogP contribution < -0.4 is 9.96 Å². The molecule has 4 bridgehead atoms. The number of hydrogen-bond acceptors (Lipinski definition) is 7. The Morgan fingerprint density at radius 2 is 2.00 bits per heavy atom. The molecule has 31 heavy (non-hydrogen) atoms. The van der Waals surface area contributed by atoms with Crippen LogP contribution in [0.2, 0.25) is 0 Å². The van der Waals surface area contributed by atoms with E-state index in [1.807, 2.05) is 17.5 Å². The third-order valence-corrected chi connectivity index (χ3v) is 5.52. The first-order chi connectivity index (χ1) is 15.2. The van der Waals surface area contributed by atoms with E-state index in [-0.39, 0.29) is 11.5 Å². The van der Waals surface area contributed by atoms with E-state index < -0.39 is 5.97 Å². The van der Waals surface area contributed by atoms with Crippen molar-refractivity contribution in [3.05, 3.63) is 83.9 Å². The van der Waals surface area contributed by atoms with E-state index in [1.165, 1.54) is 36.5 Å². The smallest absolute Gasteiger partial charge is 0.372 e. The Labute approximate surface area is 179 Å². The van der Waals surface area contributed by atoms with E-state index in [4.69, 9.17) is 13.9 Å². The van der Waals surface area contributed by atoms with Crippen molar-refractivity contribution in [3.63, 3.8) is 0 Å². The summed E-state index contributed by atoms with van der Waals surface area (Å²) >= 11 is 1.43. The van der Waals surface area contributed by atoms with E-state index in [2.05, 4.69) is 9.97 Å². The molecule has 8 heteroatoms. The van der Waals surface area contributed by atoms with E-state index in [0.717, 1.165) is 10.6 Å². The minimum absolute atomic E-state index is 0.185. The Kier molecular flexibility index (Phi) is 4.81. The van der Waals surface area contributed by atoms with Gasteiger partial charge in [0.1, 0.15) is 29.4 Å². The van der Waals surface area contributed by atoms with E-state index in [0.29, 0.717) is 27.1 Å². The zero-order valence-corrected chi connectivity index (χ0v) is 16.7. The fraction of sp³-hybridized carbons (Fsp3) is 0. The van der Waals surface area contributed by atoms with Crippen LogP contribution in [0.3, 0.4) is 0 Å². The van der Waals surface area contributed by atoms with Crippen molar-refractivity contribution in [3.8, 4) is 16.9 Å². The molecule has 3 aromatic heterocycles. The highest BCUT2D eigenvalue weighted by Crippen LogP contribution is 2.30. The molecule has 0 aliphatic carbocycles. The molecule has 0 radical (unpaired) electrons. The summed E-state index contributed by atoms with van der Waals surface area (Å²) in [7, 11) is 0. The van der Waals surface area contributed by atoms with E-state index in [1.54, 1.807) is 36.4 Å². The Bertz CT molecular complexity index is 1480. The van der Waals surface area contributed by atoms with Gasteiger partial charge in [-0.15, -0.1) is 11.3 Å². The second kappa shape index (κ2) is 7.92. The molecular formula is C23H14N2O5S. The van der Waals surface area contributed by atoms with Crippen molar-refractivity contribution < 1.29 is 23.8 Å². The van der Waals surface area contributed by atoms with Crippen molar-refractivity contribution in [2.75, 3.05) is 0 Å². The molecule has 1 aromatic carbocycles. The Morgan fingerprint density at radius 1 is 1.06 bits per heavy atom. The number of ether oxygens (including phenoxy) is 2. The monoisotopic (exact) mass is 430 g/mol. The highest BCUT2D eigenvalue weighted by atomic mass is 32.1. The van der Waals surface area contributed by atoms with E-state index in [9.17, 15) is 9.90 Å². The lowest BCUT2D eigenvalue weighted by atomic mass is 10.0. The lowest BCUT2D eigenvalue weighted by Crippen LogP contribution is -1.99. The van der Waals surface area contributed by atoms with Crippen LogP contribution in [0.4, 0.5) is 0 Å². The van der Waals surface area contributed by atoms with Crippen LogP contribution in [-0.2, 0) is 4.74 Å². The molecule has 5 rings (SSSR count). The average Bonchev–Trinajstić information content (AvgIpc) is 3.22. The summed E-state index contributed by atoms with van der Waals surface area (Å²) in [5.74, 6) is -0.938. The Balaban J connectivity index is 2.00. The number of fused-ring (bicyclic) bond motifs is 7. The minimum atomic E-state index is -1.21. The van der Waals surface area contributed by atoms with Crippen LogP contribution in [0, 0.1) is 0 Å². The SMILES string of the molecule is O=C(O)c1oc2ncnc3scc(c4ccc1-c1cccc(c1)OC=COC=CC=4)c23. The summed E-state index contributed by atoms with van der Waals surface area (Å²) in [4.78, 5) is 21.4. The number of carboxylic acid groups (broad SMARTS) is 1. The maximum Gasteiger partial charge on any atom is 0.372 e. The zero-order chi connectivity index (χ0) is 21.2. The standard InChI is InChI=1S/C23H14N2O5S/c26-23(27)20-17-7-6-14(18-12-31-22-19(18)21(30-20)24-13-25-22)4-2-8-28-9-10-29-16-5-1-3-15(17)11-16/h1-13H,(H,26,27). The number of allylic oxidation sites excluding steroid dienone is 1. The molecule has 7 nitrogen and oxygen atoms in total. The Morgan fingerprint density at radius 3 is 2.90 bits per heavy atom. The molecule has 0 unspecified atom stereocenters. The molecule has 0 amide bonds. The van der Waals surface area contributed by atoms with Gasteiger partial charge in [-0.05, 0) is 35.1 Å². The number of aromatic carboxylic acids is 1. The minimum Gasteiger partial charge on any atom is -0.475 e. The van der Waals surface area contributed by atoms with Gasteiger partial charge in [0, 0.05) is 16.3 Å². The lowest BCUT2D eigenvalue weighted by Gasteiger charge is -2.06. The second-order valence-corrected chi connectivity index (χ2v) is 7.35. The number of carbonyl (C=O) groups is 1. The third kappa shape index (κ3) is 3.60. The molecule has 152 valence electrons. The summed E-state index contributed by atoms with van der Waals surface area (Å²) in [6.07, 6.45) is 9.28. The van der Waals surface area contributed by atoms with Crippen molar-refractivity contribution in [2.45, 2.75) is 0 Å². The lowest BCUT2D eigenvalue weighted by molar-refractivity contribution is 0.0664. The van der Waals surface area contributed by atoms with Crippen molar-refractivity contribution in [1.82, 2.24) is 9.97 Å². The zero-order valence-electron chi connectivity index (χ0n) is 15.9. The first-order valence-corrected chi connectivity index (χ1v) is 10.1. The number of nitrogens with zero attached hydrogens (tertiary/aromatic N) is 2. The van der Waals surface area contributed by atoms with Crippen LogP contribution in [0.15, 0.2) is 77.4 Å². The summed E-state index contributed by atoms with van der Waals surface area (Å²) in [6.45, 7) is 0. The molecule has 0 atom stereocenters. The van der Waals surface area contributed by atoms with Crippen LogP contribution >= 0.6 is 11.3 Å². The van der Waals surface area contributed by atoms with E-state index >= 15 is 0 Å². The fourth-order valence-electron chi connectivity index (χ4n) is 3.27. The largest absolute Gasteiger partial charge is 0.475 e. The second-order valence-electron chi connectivity index (χ2n) is 6.50. The quantitative estimate of drug-likeness (QED) is 0.463. The molecule has 4 heterocycles. The van der Waals surface area contributed by atoms with Crippen LogP contribution in [0.5, 0.6) is 5.75 Å². The number of aromatic nitrogens is 2. The summed E-state index contributed by atoms with van der Waals surface area (Å²) in [5, 5.41) is 14.2. The summed E-state index contributed by atoms with van der Waals surface area (Å²) in [6, 6.07) is 10.6. The highest BCUT2D eigenvalue weighted by molar-refractivity contribution is 7.17. The van der Waals surface area contributed by atoms with Gasteiger partial charge in [0.15, 0.2) is 0 Å². The number of hydrogen-bond donors (Lipinski definition) is 1. The van der Waals surface area contributed by atoms with Gasteiger partial charge in [-0.3, -0.25) is 0 Å².